The van der Waals surface area contributed by atoms with Crippen molar-refractivity contribution < 1.29 is 4.39 Å². The van der Waals surface area contributed by atoms with Gasteiger partial charge in [-0.1, -0.05) is 18.2 Å². The van der Waals surface area contributed by atoms with Gasteiger partial charge in [-0.05, 0) is 41.3 Å². The van der Waals surface area contributed by atoms with E-state index >= 15 is 0 Å². The average molecular weight is 240 g/mol. The maximum Gasteiger partial charge on any atom is 0.125 e. The Kier molecular flexibility index (Phi) is 2.52. The Balaban J connectivity index is 2.05. The quantitative estimate of drug-likeness (QED) is 0.684. The Bertz CT molecular complexity index is 701. The van der Waals surface area contributed by atoms with Crippen molar-refractivity contribution in [1.29, 1.82) is 0 Å². The summed E-state index contributed by atoms with van der Waals surface area (Å²) in [5.41, 5.74) is 8.61. The van der Waals surface area contributed by atoms with Crippen molar-refractivity contribution in [3.8, 4) is 0 Å². The zero-order chi connectivity index (χ0) is 12.5. The lowest BCUT2D eigenvalue weighted by molar-refractivity contribution is 0.628. The third kappa shape index (κ3) is 1.84. The summed E-state index contributed by atoms with van der Waals surface area (Å²) in [5.74, 6) is -0.219. The minimum Gasteiger partial charge on any atom is -0.398 e. The van der Waals surface area contributed by atoms with Gasteiger partial charge >= 0.3 is 0 Å². The summed E-state index contributed by atoms with van der Waals surface area (Å²) in [6.45, 7) is 0.652. The fourth-order valence-corrected chi connectivity index (χ4v) is 2.16. The highest BCUT2D eigenvalue weighted by molar-refractivity contribution is 5.80. The van der Waals surface area contributed by atoms with Gasteiger partial charge in [-0.3, -0.25) is 0 Å². The zero-order valence-electron chi connectivity index (χ0n) is 9.81. The first kappa shape index (κ1) is 10.8. The Morgan fingerprint density at radius 2 is 1.89 bits per heavy atom. The largest absolute Gasteiger partial charge is 0.398 e. The molecule has 0 unspecified atom stereocenters. The lowest BCUT2D eigenvalue weighted by Gasteiger charge is -2.08. The second kappa shape index (κ2) is 4.18. The van der Waals surface area contributed by atoms with Crippen LogP contribution < -0.4 is 5.73 Å². The average Bonchev–Trinajstić information content (AvgIpc) is 2.75. The lowest BCUT2D eigenvalue weighted by atomic mass is 10.2. The van der Waals surface area contributed by atoms with E-state index in [0.717, 1.165) is 22.2 Å². The maximum atomic E-state index is 13.3. The van der Waals surface area contributed by atoms with Crippen LogP contribution in [-0.2, 0) is 6.54 Å². The number of halogens is 1. The van der Waals surface area contributed by atoms with E-state index in [-0.39, 0.29) is 5.82 Å². The highest BCUT2D eigenvalue weighted by Gasteiger charge is 2.04. The molecule has 90 valence electrons. The first-order valence-electron chi connectivity index (χ1n) is 5.82. The molecule has 0 aliphatic carbocycles. The van der Waals surface area contributed by atoms with Crippen LogP contribution in [0, 0.1) is 5.82 Å². The Morgan fingerprint density at radius 1 is 1.06 bits per heavy atom. The molecule has 0 saturated heterocycles. The normalized spacial score (nSPS) is 10.9. The molecule has 0 bridgehead atoms. The van der Waals surface area contributed by atoms with Gasteiger partial charge in [0, 0.05) is 18.4 Å². The summed E-state index contributed by atoms with van der Waals surface area (Å²) in [7, 11) is 0. The molecule has 3 aromatic rings. The molecule has 3 heteroatoms. The third-order valence-electron chi connectivity index (χ3n) is 3.13. The van der Waals surface area contributed by atoms with Gasteiger partial charge in [0.05, 0.1) is 5.52 Å². The van der Waals surface area contributed by atoms with Crippen molar-refractivity contribution >= 4 is 16.6 Å². The van der Waals surface area contributed by atoms with Crippen LogP contribution in [0.15, 0.2) is 54.7 Å². The number of hydrogen-bond donors (Lipinski definition) is 1. The Hall–Kier alpha value is -2.29. The van der Waals surface area contributed by atoms with Crippen molar-refractivity contribution in [3.63, 3.8) is 0 Å². The van der Waals surface area contributed by atoms with Crippen LogP contribution in [0.1, 0.15) is 5.56 Å². The number of anilines is 1. The summed E-state index contributed by atoms with van der Waals surface area (Å²) >= 11 is 0. The van der Waals surface area contributed by atoms with E-state index < -0.39 is 0 Å². The number of benzene rings is 2. The fourth-order valence-electron chi connectivity index (χ4n) is 2.16. The van der Waals surface area contributed by atoms with Crippen LogP contribution >= 0.6 is 0 Å². The molecule has 0 amide bonds. The number of nitrogen functional groups attached to an aromatic ring is 1. The van der Waals surface area contributed by atoms with Gasteiger partial charge in [0.15, 0.2) is 0 Å². The van der Waals surface area contributed by atoms with Crippen LogP contribution in [-0.4, -0.2) is 4.57 Å². The van der Waals surface area contributed by atoms with Crippen molar-refractivity contribution in [2.24, 2.45) is 0 Å². The van der Waals surface area contributed by atoms with Gasteiger partial charge < -0.3 is 10.3 Å². The molecular weight excluding hydrogens is 227 g/mol. The summed E-state index contributed by atoms with van der Waals surface area (Å²) in [6, 6.07) is 14.5. The molecule has 2 nitrogen and oxygen atoms in total. The highest BCUT2D eigenvalue weighted by Crippen LogP contribution is 2.20. The van der Waals surface area contributed by atoms with Gasteiger partial charge in [-0.2, -0.15) is 0 Å². The number of rotatable bonds is 2. The maximum absolute atomic E-state index is 13.3. The minimum atomic E-state index is -0.219. The number of nitrogens with zero attached hydrogens (tertiary/aromatic N) is 1. The van der Waals surface area contributed by atoms with Crippen LogP contribution in [0.2, 0.25) is 0 Å². The molecule has 0 saturated carbocycles. The molecule has 0 aliphatic heterocycles. The van der Waals surface area contributed by atoms with E-state index in [1.165, 1.54) is 6.07 Å². The molecule has 2 N–H and O–H groups in total. The molecule has 2 aromatic carbocycles. The van der Waals surface area contributed by atoms with Crippen molar-refractivity contribution in [3.05, 3.63) is 66.1 Å². The van der Waals surface area contributed by atoms with E-state index in [2.05, 4.69) is 0 Å². The summed E-state index contributed by atoms with van der Waals surface area (Å²) < 4.78 is 15.3. The van der Waals surface area contributed by atoms with Gasteiger partial charge in [-0.15, -0.1) is 0 Å². The van der Waals surface area contributed by atoms with Crippen LogP contribution in [0.4, 0.5) is 10.1 Å². The molecule has 18 heavy (non-hydrogen) atoms. The molecule has 0 fully saturated rings. The molecule has 3 rings (SSSR count). The molecule has 1 heterocycles. The van der Waals surface area contributed by atoms with Gasteiger partial charge in [-0.25, -0.2) is 4.39 Å². The first-order valence-corrected chi connectivity index (χ1v) is 5.82. The Labute approximate surface area is 104 Å². The Morgan fingerprint density at radius 3 is 2.72 bits per heavy atom. The highest BCUT2D eigenvalue weighted by atomic mass is 19.1. The van der Waals surface area contributed by atoms with Crippen molar-refractivity contribution in [2.45, 2.75) is 6.54 Å². The first-order chi connectivity index (χ1) is 8.74. The van der Waals surface area contributed by atoms with E-state index in [1.54, 1.807) is 12.1 Å². The smallest absolute Gasteiger partial charge is 0.125 e. The second-order valence-corrected chi connectivity index (χ2v) is 4.35. The van der Waals surface area contributed by atoms with Gasteiger partial charge in [0.1, 0.15) is 5.82 Å². The van der Waals surface area contributed by atoms with Crippen molar-refractivity contribution in [1.82, 2.24) is 4.57 Å². The number of para-hydroxylation sites is 1. The lowest BCUT2D eigenvalue weighted by Crippen LogP contribution is -2.01. The molecular formula is C15H13FN2. The standard InChI is InChI=1S/C15H13FN2/c16-13-6-5-11-7-8-18(15(11)9-13)10-12-3-1-2-4-14(12)17/h1-9H,10,17H2. The zero-order valence-corrected chi connectivity index (χ0v) is 9.81. The fraction of sp³-hybridized carbons (Fsp3) is 0.0667. The molecule has 0 spiro atoms. The topological polar surface area (TPSA) is 30.9 Å². The summed E-state index contributed by atoms with van der Waals surface area (Å²) in [6.07, 6.45) is 1.95. The number of nitrogens with two attached hydrogens (primary N) is 1. The van der Waals surface area contributed by atoms with Gasteiger partial charge in [0.2, 0.25) is 0 Å². The van der Waals surface area contributed by atoms with E-state index in [4.69, 9.17) is 5.73 Å². The molecule has 0 radical (unpaired) electrons. The molecule has 0 atom stereocenters. The van der Waals surface area contributed by atoms with E-state index in [9.17, 15) is 4.39 Å². The SMILES string of the molecule is Nc1ccccc1Cn1ccc2ccc(F)cc21. The minimum absolute atomic E-state index is 0.219. The predicted octanol–water partition coefficient (Wildman–Crippen LogP) is 3.41. The van der Waals surface area contributed by atoms with E-state index in [0.29, 0.717) is 6.54 Å². The number of hydrogen-bond acceptors (Lipinski definition) is 1. The van der Waals surface area contributed by atoms with Crippen LogP contribution in [0.5, 0.6) is 0 Å². The summed E-state index contributed by atoms with van der Waals surface area (Å²) in [5, 5.41) is 1.03. The third-order valence-corrected chi connectivity index (χ3v) is 3.13. The molecule has 1 aromatic heterocycles. The van der Waals surface area contributed by atoms with Crippen molar-refractivity contribution in [2.75, 3.05) is 5.73 Å². The predicted molar refractivity (Wildman–Crippen MR) is 71.9 cm³/mol. The second-order valence-electron chi connectivity index (χ2n) is 4.35. The van der Waals surface area contributed by atoms with Gasteiger partial charge in [0.25, 0.3) is 0 Å². The molecule has 0 aliphatic rings. The van der Waals surface area contributed by atoms with Crippen LogP contribution in [0.25, 0.3) is 10.9 Å². The van der Waals surface area contributed by atoms with E-state index in [1.807, 2.05) is 41.1 Å². The number of aromatic nitrogens is 1. The number of fused-ring (bicyclic) bond motifs is 1. The summed E-state index contributed by atoms with van der Waals surface area (Å²) in [4.78, 5) is 0. The van der Waals surface area contributed by atoms with Crippen LogP contribution in [0.3, 0.4) is 0 Å². The monoisotopic (exact) mass is 240 g/mol.